The molecule has 1 amide bonds. The molecular formula is C28H39N3O8S4. The maximum atomic E-state index is 12.9. The van der Waals surface area contributed by atoms with E-state index in [1.54, 1.807) is 48.8 Å². The molecule has 3 N–H and O–H groups in total. The maximum absolute atomic E-state index is 12.9. The summed E-state index contributed by atoms with van der Waals surface area (Å²) in [5.74, 6) is 0.278. The third kappa shape index (κ3) is 7.75. The number of nitrogens with one attached hydrogen (secondary N) is 1. The monoisotopic (exact) mass is 673 g/mol. The number of nitrogens with zero attached hydrogens (tertiary/aromatic N) is 2. The van der Waals surface area contributed by atoms with E-state index >= 15 is 0 Å². The van der Waals surface area contributed by atoms with Crippen LogP contribution in [0, 0.1) is 13.8 Å². The minimum absolute atomic E-state index is 0.146. The van der Waals surface area contributed by atoms with Crippen LogP contribution >= 0.6 is 23.5 Å². The van der Waals surface area contributed by atoms with Gasteiger partial charge in [0.2, 0.25) is 20.0 Å². The first-order valence-electron chi connectivity index (χ1n) is 13.6. The number of amides is 1. The number of hydroxylamine groups is 1. The number of rotatable bonds is 6. The summed E-state index contributed by atoms with van der Waals surface area (Å²) in [6.07, 6.45) is 1.31. The zero-order valence-electron chi connectivity index (χ0n) is 24.6. The van der Waals surface area contributed by atoms with Crippen LogP contribution in [-0.4, -0.2) is 94.8 Å². The fourth-order valence-electron chi connectivity index (χ4n) is 4.71. The molecule has 2 aliphatic rings. The first-order valence-corrected chi connectivity index (χ1v) is 18.8. The molecule has 11 nitrogen and oxygen atoms in total. The Kier molecular flexibility index (Phi) is 11.8. The molecule has 0 radical (unpaired) electrons. The highest BCUT2D eigenvalue weighted by Gasteiger charge is 2.48. The third-order valence-corrected chi connectivity index (χ3v) is 14.2. The van der Waals surface area contributed by atoms with Gasteiger partial charge in [-0.25, -0.2) is 22.3 Å². The smallest absolute Gasteiger partial charge is 0.325 e. The van der Waals surface area contributed by atoms with Crippen LogP contribution in [0.1, 0.15) is 37.8 Å². The van der Waals surface area contributed by atoms with Gasteiger partial charge in [-0.1, -0.05) is 35.4 Å². The second-order valence-corrected chi connectivity index (χ2v) is 16.8. The van der Waals surface area contributed by atoms with E-state index in [9.17, 15) is 31.5 Å². The zero-order valence-corrected chi connectivity index (χ0v) is 27.9. The molecule has 238 valence electrons. The van der Waals surface area contributed by atoms with Crippen LogP contribution in [0.5, 0.6) is 0 Å². The third-order valence-electron chi connectivity index (χ3n) is 7.44. The van der Waals surface area contributed by atoms with Crippen molar-refractivity contribution in [2.75, 3.05) is 36.1 Å². The van der Waals surface area contributed by atoms with Gasteiger partial charge in [0.25, 0.3) is 5.91 Å². The molecule has 0 aromatic heterocycles. The number of thioether (sulfide) groups is 2. The maximum Gasteiger partial charge on any atom is 0.325 e. The molecule has 0 unspecified atom stereocenters. The average molecular weight is 674 g/mol. The number of aryl methyl sites for hydroxylation is 2. The number of hydrogen-bond acceptors (Lipinski definition) is 9. The summed E-state index contributed by atoms with van der Waals surface area (Å²) in [4.78, 5) is 24.1. The summed E-state index contributed by atoms with van der Waals surface area (Å²) >= 11 is 2.99. The fourth-order valence-corrected chi connectivity index (χ4v) is 10.8. The second kappa shape index (κ2) is 14.3. The van der Waals surface area contributed by atoms with E-state index in [1.807, 2.05) is 13.8 Å². The van der Waals surface area contributed by atoms with Crippen molar-refractivity contribution in [1.82, 2.24) is 14.1 Å². The van der Waals surface area contributed by atoms with Gasteiger partial charge in [-0.2, -0.15) is 32.1 Å². The molecular weight excluding hydrogens is 635 g/mol. The number of carboxylic acids is 1. The van der Waals surface area contributed by atoms with E-state index < -0.39 is 43.0 Å². The summed E-state index contributed by atoms with van der Waals surface area (Å²) < 4.78 is 53.9. The van der Waals surface area contributed by atoms with Crippen molar-refractivity contribution in [2.45, 2.75) is 61.4 Å². The van der Waals surface area contributed by atoms with Crippen molar-refractivity contribution < 1.29 is 36.7 Å². The molecule has 2 heterocycles. The minimum atomic E-state index is -3.82. The lowest BCUT2D eigenvalue weighted by molar-refractivity contribution is -0.146. The van der Waals surface area contributed by atoms with Crippen molar-refractivity contribution in [1.29, 1.82) is 0 Å². The first kappa shape index (κ1) is 35.3. The molecule has 4 rings (SSSR count). The van der Waals surface area contributed by atoms with Gasteiger partial charge in [0.1, 0.15) is 11.1 Å². The molecule has 2 aromatic carbocycles. The number of benzene rings is 2. The lowest BCUT2D eigenvalue weighted by Gasteiger charge is -2.36. The van der Waals surface area contributed by atoms with Gasteiger partial charge >= 0.3 is 5.97 Å². The van der Waals surface area contributed by atoms with Crippen LogP contribution < -0.4 is 5.48 Å². The quantitative estimate of drug-likeness (QED) is 0.306. The Morgan fingerprint density at radius 2 is 1.12 bits per heavy atom. The van der Waals surface area contributed by atoms with Crippen LogP contribution in [-0.2, 0) is 29.6 Å². The summed E-state index contributed by atoms with van der Waals surface area (Å²) in [6.45, 7) is 7.25. The Hall–Kier alpha value is -2.14. The van der Waals surface area contributed by atoms with Crippen molar-refractivity contribution >= 4 is 55.4 Å². The summed E-state index contributed by atoms with van der Waals surface area (Å²) in [5.41, 5.74) is 0.795. The van der Waals surface area contributed by atoms with Crippen molar-refractivity contribution in [3.63, 3.8) is 0 Å². The Bertz CT molecular complexity index is 1500. The number of carbonyl (C=O) groups is 2. The van der Waals surface area contributed by atoms with Crippen molar-refractivity contribution in [2.24, 2.45) is 0 Å². The molecule has 0 spiro atoms. The fraction of sp³-hybridized carbons (Fsp3) is 0.500. The van der Waals surface area contributed by atoms with Gasteiger partial charge in [-0.3, -0.25) is 14.8 Å². The van der Waals surface area contributed by atoms with Gasteiger partial charge in [-0.15, -0.1) is 0 Å². The van der Waals surface area contributed by atoms with E-state index in [0.717, 1.165) is 26.9 Å². The average Bonchev–Trinajstić information content (AvgIpc) is 3.30. The van der Waals surface area contributed by atoms with Gasteiger partial charge in [0.15, 0.2) is 0 Å². The summed E-state index contributed by atoms with van der Waals surface area (Å²) in [7, 11) is -7.63. The van der Waals surface area contributed by atoms with Crippen LogP contribution in [0.2, 0.25) is 0 Å². The second-order valence-electron chi connectivity index (χ2n) is 10.9. The van der Waals surface area contributed by atoms with Gasteiger partial charge < -0.3 is 5.11 Å². The van der Waals surface area contributed by atoms with Crippen LogP contribution in [0.15, 0.2) is 58.3 Å². The molecule has 15 heteroatoms. The predicted octanol–water partition coefficient (Wildman–Crippen LogP) is 3.35. The van der Waals surface area contributed by atoms with Crippen molar-refractivity contribution in [3.05, 3.63) is 59.7 Å². The predicted molar refractivity (Wildman–Crippen MR) is 168 cm³/mol. The van der Waals surface area contributed by atoms with E-state index in [0.29, 0.717) is 18.6 Å². The van der Waals surface area contributed by atoms with Crippen LogP contribution in [0.25, 0.3) is 0 Å². The molecule has 2 atom stereocenters. The SMILES string of the molecule is Cc1ccc(S(=O)(=O)N2CCCSC[C@@]2(C)C(=O)NO)cc1.Cc1ccc(S(=O)(=O)N2CCCSC[C@@]2(C)C(=O)O)cc1. The van der Waals surface area contributed by atoms with Gasteiger partial charge in [0, 0.05) is 24.6 Å². The number of carbonyl (C=O) groups excluding carboxylic acids is 1. The molecule has 2 fully saturated rings. The first-order chi connectivity index (χ1) is 20.1. The van der Waals surface area contributed by atoms with Crippen LogP contribution in [0.4, 0.5) is 0 Å². The van der Waals surface area contributed by atoms with Crippen LogP contribution in [0.3, 0.4) is 0 Å². The number of aliphatic carboxylic acids is 1. The Balaban J connectivity index is 0.000000236. The van der Waals surface area contributed by atoms with E-state index in [2.05, 4.69) is 0 Å². The van der Waals surface area contributed by atoms with Gasteiger partial charge in [0.05, 0.1) is 9.79 Å². The van der Waals surface area contributed by atoms with E-state index in [4.69, 9.17) is 5.21 Å². The standard InChI is InChI=1S/C14H20N2O4S2.C14H19NO4S2/c1-11-4-6-12(7-5-11)22(19,20)16-8-3-9-21-10-14(16,2)13(17)15-18;1-11-4-6-12(7-5-11)21(18,19)15-8-3-9-20-10-14(15,2)13(16)17/h4-7,18H,3,8-10H2,1-2H3,(H,15,17);4-7H,3,8-10H2,1-2H3,(H,16,17)/t2*14-/m00/s1. The number of carboxylic acid groups (broad SMARTS) is 1. The van der Waals surface area contributed by atoms with E-state index in [1.165, 1.54) is 46.9 Å². The molecule has 0 saturated carbocycles. The number of sulfonamides is 2. The summed E-state index contributed by atoms with van der Waals surface area (Å²) in [5, 5.41) is 18.5. The molecule has 43 heavy (non-hydrogen) atoms. The highest BCUT2D eigenvalue weighted by atomic mass is 32.2. The Morgan fingerprint density at radius 3 is 1.49 bits per heavy atom. The Labute approximate surface area is 262 Å². The highest BCUT2D eigenvalue weighted by molar-refractivity contribution is 7.99. The lowest BCUT2D eigenvalue weighted by atomic mass is 10.0. The zero-order chi connectivity index (χ0) is 32.1. The number of hydrogen-bond donors (Lipinski definition) is 3. The lowest BCUT2D eigenvalue weighted by Crippen LogP contribution is -2.59. The summed E-state index contributed by atoms with van der Waals surface area (Å²) in [6, 6.07) is 13.0. The highest BCUT2D eigenvalue weighted by Crippen LogP contribution is 2.33. The largest absolute Gasteiger partial charge is 0.480 e. The van der Waals surface area contributed by atoms with E-state index in [-0.39, 0.29) is 28.6 Å². The molecule has 0 aliphatic carbocycles. The Morgan fingerprint density at radius 1 is 0.744 bits per heavy atom. The van der Waals surface area contributed by atoms with Gasteiger partial charge in [-0.05, 0) is 76.3 Å². The molecule has 2 saturated heterocycles. The topological polar surface area (TPSA) is 161 Å². The molecule has 2 aromatic rings. The molecule has 2 aliphatic heterocycles. The minimum Gasteiger partial charge on any atom is -0.480 e. The molecule has 0 bridgehead atoms. The normalized spacial score (nSPS) is 24.1. The van der Waals surface area contributed by atoms with Crippen molar-refractivity contribution in [3.8, 4) is 0 Å².